The summed E-state index contributed by atoms with van der Waals surface area (Å²) in [5.41, 5.74) is 2.98. The predicted molar refractivity (Wildman–Crippen MR) is 116 cm³/mol. The zero-order valence-corrected chi connectivity index (χ0v) is 17.1. The maximum Gasteiger partial charge on any atom is 0.312 e. The quantitative estimate of drug-likeness (QED) is 0.572. The summed E-state index contributed by atoms with van der Waals surface area (Å²) in [6, 6.07) is 25.5. The fraction of sp³-hybridized carbons (Fsp3) is 0.200. The highest BCUT2D eigenvalue weighted by atomic mass is 16.5. The van der Waals surface area contributed by atoms with Crippen LogP contribution in [-0.4, -0.2) is 29.8 Å². The lowest BCUT2D eigenvalue weighted by molar-refractivity contribution is -0.148. The van der Waals surface area contributed by atoms with E-state index in [0.29, 0.717) is 44.3 Å². The molecule has 0 aliphatic carbocycles. The van der Waals surface area contributed by atoms with Gasteiger partial charge in [-0.05, 0) is 28.8 Å². The summed E-state index contributed by atoms with van der Waals surface area (Å²) in [5.74, 6) is 0.162. The summed E-state index contributed by atoms with van der Waals surface area (Å²) in [6.07, 6.45) is 0. The summed E-state index contributed by atoms with van der Waals surface area (Å²) >= 11 is 0. The van der Waals surface area contributed by atoms with Gasteiger partial charge >= 0.3 is 11.8 Å². The lowest BCUT2D eigenvalue weighted by atomic mass is 10.1. The Balaban J connectivity index is 1.51. The molecule has 6 nitrogen and oxygen atoms in total. The van der Waals surface area contributed by atoms with E-state index in [9.17, 15) is 9.59 Å². The summed E-state index contributed by atoms with van der Waals surface area (Å²) in [6.45, 7) is 2.11. The van der Waals surface area contributed by atoms with Crippen LogP contribution in [-0.2, 0) is 29.3 Å². The average Bonchev–Trinajstić information content (AvgIpc) is 2.81. The molecule has 6 heteroatoms. The fourth-order valence-corrected chi connectivity index (χ4v) is 3.35. The first-order chi connectivity index (χ1) is 15.2. The number of amides is 2. The minimum absolute atomic E-state index is 0.340. The maximum absolute atomic E-state index is 12.1. The zero-order valence-electron chi connectivity index (χ0n) is 17.1. The molecular weight excluding hydrogens is 392 g/mol. The number of ether oxygens (including phenoxy) is 2. The van der Waals surface area contributed by atoms with Crippen molar-refractivity contribution < 1.29 is 19.1 Å². The van der Waals surface area contributed by atoms with Crippen LogP contribution < -0.4 is 14.8 Å². The van der Waals surface area contributed by atoms with Crippen molar-refractivity contribution in [2.24, 2.45) is 0 Å². The number of piperazine rings is 1. The van der Waals surface area contributed by atoms with E-state index >= 15 is 0 Å². The summed E-state index contributed by atoms with van der Waals surface area (Å²) in [5, 5.41) is 2.56. The van der Waals surface area contributed by atoms with E-state index in [4.69, 9.17) is 9.47 Å². The molecule has 1 aliphatic rings. The fourth-order valence-electron chi connectivity index (χ4n) is 3.35. The van der Waals surface area contributed by atoms with E-state index in [0.717, 1.165) is 16.7 Å². The maximum atomic E-state index is 12.1. The minimum atomic E-state index is -0.561. The smallest absolute Gasteiger partial charge is 0.312 e. The molecule has 31 heavy (non-hydrogen) atoms. The number of benzene rings is 3. The second-order valence-electron chi connectivity index (χ2n) is 7.31. The largest absolute Gasteiger partial charge is 0.485 e. The molecule has 0 bridgehead atoms. The molecular formula is C25H24N2O4. The van der Waals surface area contributed by atoms with Gasteiger partial charge in [0.15, 0.2) is 11.5 Å². The van der Waals surface area contributed by atoms with Crippen molar-refractivity contribution in [2.45, 2.75) is 19.8 Å². The van der Waals surface area contributed by atoms with Gasteiger partial charge in [-0.25, -0.2) is 0 Å². The summed E-state index contributed by atoms with van der Waals surface area (Å²) < 4.78 is 12.1. The molecule has 3 aromatic carbocycles. The van der Waals surface area contributed by atoms with Gasteiger partial charge in [0, 0.05) is 19.6 Å². The first-order valence-electron chi connectivity index (χ1n) is 10.2. The van der Waals surface area contributed by atoms with E-state index in [1.807, 2.05) is 78.9 Å². The van der Waals surface area contributed by atoms with E-state index in [2.05, 4.69) is 5.32 Å². The number of carbonyl (C=O) groups is 2. The van der Waals surface area contributed by atoms with Crippen LogP contribution in [0.4, 0.5) is 0 Å². The van der Waals surface area contributed by atoms with Crippen LogP contribution in [0, 0.1) is 0 Å². The highest BCUT2D eigenvalue weighted by molar-refractivity contribution is 6.35. The van der Waals surface area contributed by atoms with E-state index < -0.39 is 11.8 Å². The molecule has 1 N–H and O–H groups in total. The Morgan fingerprint density at radius 1 is 0.742 bits per heavy atom. The number of nitrogens with one attached hydrogen (secondary N) is 1. The van der Waals surface area contributed by atoms with Gasteiger partial charge in [-0.1, -0.05) is 66.7 Å². The van der Waals surface area contributed by atoms with E-state index in [1.54, 1.807) is 4.90 Å². The molecule has 1 saturated heterocycles. The average molecular weight is 416 g/mol. The van der Waals surface area contributed by atoms with Crippen LogP contribution in [0.25, 0.3) is 0 Å². The third kappa shape index (κ3) is 5.42. The molecule has 0 spiro atoms. The molecule has 0 saturated carbocycles. The number of carbonyl (C=O) groups excluding carboxylic acids is 2. The molecule has 0 aromatic heterocycles. The number of hydrogen-bond acceptors (Lipinski definition) is 4. The topological polar surface area (TPSA) is 67.9 Å². The summed E-state index contributed by atoms with van der Waals surface area (Å²) in [7, 11) is 0. The first-order valence-corrected chi connectivity index (χ1v) is 10.2. The van der Waals surface area contributed by atoms with Gasteiger partial charge in [-0.2, -0.15) is 0 Å². The molecule has 0 radical (unpaired) electrons. The molecule has 1 fully saturated rings. The molecule has 0 unspecified atom stereocenters. The van der Waals surface area contributed by atoms with Gasteiger partial charge in [0.2, 0.25) is 0 Å². The van der Waals surface area contributed by atoms with Crippen molar-refractivity contribution in [1.82, 2.24) is 10.2 Å². The predicted octanol–water partition coefficient (Wildman–Crippen LogP) is 3.30. The number of nitrogens with zero attached hydrogens (tertiary/aromatic N) is 1. The molecule has 0 atom stereocenters. The van der Waals surface area contributed by atoms with Gasteiger partial charge < -0.3 is 19.7 Å². The van der Waals surface area contributed by atoms with Crippen LogP contribution in [0.1, 0.15) is 16.7 Å². The SMILES string of the molecule is O=C1NCCN(Cc2ccc(OCc3ccccc3)c(OCc3ccccc3)c2)C1=O. The Bertz CT molecular complexity index is 1040. The zero-order chi connectivity index (χ0) is 21.5. The highest BCUT2D eigenvalue weighted by Gasteiger charge is 2.26. The van der Waals surface area contributed by atoms with Crippen LogP contribution in [0.3, 0.4) is 0 Å². The Morgan fingerprint density at radius 3 is 2.00 bits per heavy atom. The molecule has 4 rings (SSSR count). The van der Waals surface area contributed by atoms with Crippen LogP contribution in [0.5, 0.6) is 11.5 Å². The van der Waals surface area contributed by atoms with Gasteiger partial charge in [0.25, 0.3) is 0 Å². The Hall–Kier alpha value is -3.80. The Morgan fingerprint density at radius 2 is 1.35 bits per heavy atom. The standard InChI is InChI=1S/C25H24N2O4/c28-24-25(29)27(14-13-26-24)16-21-11-12-22(30-17-19-7-3-1-4-8-19)23(15-21)31-18-20-9-5-2-6-10-20/h1-12,15H,13-14,16-18H2,(H,26,28). The lowest BCUT2D eigenvalue weighted by Crippen LogP contribution is -2.51. The third-order valence-corrected chi connectivity index (χ3v) is 5.00. The highest BCUT2D eigenvalue weighted by Crippen LogP contribution is 2.30. The van der Waals surface area contributed by atoms with Crippen LogP contribution in [0.15, 0.2) is 78.9 Å². The molecule has 1 aliphatic heterocycles. The van der Waals surface area contributed by atoms with Crippen LogP contribution >= 0.6 is 0 Å². The van der Waals surface area contributed by atoms with E-state index in [1.165, 1.54) is 0 Å². The molecule has 158 valence electrons. The second kappa shape index (κ2) is 9.80. The first kappa shape index (κ1) is 20.5. The molecule has 2 amide bonds. The van der Waals surface area contributed by atoms with E-state index in [-0.39, 0.29) is 0 Å². The van der Waals surface area contributed by atoms with Crippen molar-refractivity contribution >= 4 is 11.8 Å². The monoisotopic (exact) mass is 416 g/mol. The van der Waals surface area contributed by atoms with Crippen LogP contribution in [0.2, 0.25) is 0 Å². The van der Waals surface area contributed by atoms with Crippen molar-refractivity contribution in [3.63, 3.8) is 0 Å². The Labute approximate surface area is 181 Å². The second-order valence-corrected chi connectivity index (χ2v) is 7.31. The Kier molecular flexibility index (Phi) is 6.47. The third-order valence-electron chi connectivity index (χ3n) is 5.00. The normalized spacial score (nSPS) is 13.6. The van der Waals surface area contributed by atoms with Gasteiger partial charge in [0.05, 0.1) is 0 Å². The molecule has 3 aromatic rings. The lowest BCUT2D eigenvalue weighted by Gasteiger charge is -2.26. The number of rotatable bonds is 8. The number of hydrogen-bond donors (Lipinski definition) is 1. The van der Waals surface area contributed by atoms with Gasteiger partial charge in [0.1, 0.15) is 13.2 Å². The van der Waals surface area contributed by atoms with Crippen molar-refractivity contribution in [1.29, 1.82) is 0 Å². The van der Waals surface area contributed by atoms with Gasteiger partial charge in [-0.3, -0.25) is 9.59 Å². The van der Waals surface area contributed by atoms with Crippen molar-refractivity contribution in [2.75, 3.05) is 13.1 Å². The van der Waals surface area contributed by atoms with Crippen molar-refractivity contribution in [3.05, 3.63) is 95.6 Å². The van der Waals surface area contributed by atoms with Crippen molar-refractivity contribution in [3.8, 4) is 11.5 Å². The van der Waals surface area contributed by atoms with Gasteiger partial charge in [-0.15, -0.1) is 0 Å². The molecule has 1 heterocycles. The minimum Gasteiger partial charge on any atom is -0.485 e. The summed E-state index contributed by atoms with van der Waals surface area (Å²) in [4.78, 5) is 25.3.